The van der Waals surface area contributed by atoms with E-state index >= 15 is 0 Å². The Bertz CT molecular complexity index is 326. The van der Waals surface area contributed by atoms with Crippen molar-refractivity contribution in [2.75, 3.05) is 19.6 Å². The second kappa shape index (κ2) is 9.19. The van der Waals surface area contributed by atoms with Crippen molar-refractivity contribution < 1.29 is 4.79 Å². The van der Waals surface area contributed by atoms with Gasteiger partial charge in [-0.1, -0.05) is 0 Å². The van der Waals surface area contributed by atoms with E-state index in [0.717, 1.165) is 32.5 Å². The molecule has 2 heterocycles. The Morgan fingerprint density at radius 2 is 2.33 bits per heavy atom. The zero-order valence-corrected chi connectivity index (χ0v) is 11.8. The van der Waals surface area contributed by atoms with Crippen LogP contribution in [0.5, 0.6) is 0 Å². The van der Waals surface area contributed by atoms with Gasteiger partial charge in [0.05, 0.1) is 12.2 Å². The number of nitrogens with zero attached hydrogens (tertiary/aromatic N) is 2. The van der Waals surface area contributed by atoms with Crippen molar-refractivity contribution in [2.24, 2.45) is 5.92 Å². The van der Waals surface area contributed by atoms with Gasteiger partial charge in [0.15, 0.2) is 0 Å². The van der Waals surface area contributed by atoms with E-state index in [9.17, 15) is 4.79 Å². The number of amides is 1. The zero-order chi connectivity index (χ0) is 11.2. The molecule has 0 radical (unpaired) electrons. The highest BCUT2D eigenvalue weighted by molar-refractivity contribution is 5.85. The van der Waals surface area contributed by atoms with Gasteiger partial charge in [-0.25, -0.2) is 4.98 Å². The fourth-order valence-corrected chi connectivity index (χ4v) is 1.95. The Hall–Kier alpha value is -0.780. The highest BCUT2D eigenvalue weighted by Gasteiger charge is 2.19. The Kier molecular flexibility index (Phi) is 8.79. The first-order valence-corrected chi connectivity index (χ1v) is 5.80. The van der Waals surface area contributed by atoms with Crippen LogP contribution in [0.3, 0.4) is 0 Å². The van der Waals surface area contributed by atoms with Crippen molar-refractivity contribution >= 4 is 30.7 Å². The minimum absolute atomic E-state index is 0. The topological polar surface area (TPSA) is 59.0 Å². The SMILES string of the molecule is Cl.Cl.O=C(NCCn1ccnc1)[C@@H]1CCCNC1. The van der Waals surface area contributed by atoms with Crippen LogP contribution in [-0.2, 0) is 11.3 Å². The number of hydrogen-bond acceptors (Lipinski definition) is 3. The summed E-state index contributed by atoms with van der Waals surface area (Å²) in [7, 11) is 0. The Labute approximate surface area is 120 Å². The standard InChI is InChI=1S/C11H18N4O.2ClH/c16-11(10-2-1-3-12-8-10)14-5-7-15-6-4-13-9-15;;/h4,6,9-10,12H,1-3,5,7-8H2,(H,14,16);2*1H/t10-;;/m1../s1. The van der Waals surface area contributed by atoms with E-state index < -0.39 is 0 Å². The monoisotopic (exact) mass is 294 g/mol. The van der Waals surface area contributed by atoms with Crippen molar-refractivity contribution in [1.82, 2.24) is 20.2 Å². The Morgan fingerprint density at radius 3 is 2.94 bits per heavy atom. The van der Waals surface area contributed by atoms with Gasteiger partial charge in [-0.05, 0) is 19.4 Å². The number of carbonyl (C=O) groups is 1. The molecule has 1 aliphatic rings. The molecule has 0 aromatic carbocycles. The number of piperidine rings is 1. The summed E-state index contributed by atoms with van der Waals surface area (Å²) in [4.78, 5) is 15.7. The third-order valence-corrected chi connectivity index (χ3v) is 2.90. The molecule has 1 saturated heterocycles. The summed E-state index contributed by atoms with van der Waals surface area (Å²) < 4.78 is 1.96. The first-order valence-electron chi connectivity index (χ1n) is 5.80. The minimum atomic E-state index is 0. The van der Waals surface area contributed by atoms with Gasteiger partial charge in [-0.2, -0.15) is 0 Å². The molecular formula is C11H20Cl2N4O. The largest absolute Gasteiger partial charge is 0.354 e. The van der Waals surface area contributed by atoms with Crippen LogP contribution in [-0.4, -0.2) is 35.1 Å². The Balaban J connectivity index is 0.00000144. The van der Waals surface area contributed by atoms with Crippen LogP contribution in [0.4, 0.5) is 0 Å². The number of imidazole rings is 1. The van der Waals surface area contributed by atoms with E-state index in [1.54, 1.807) is 12.5 Å². The number of aromatic nitrogens is 2. The lowest BCUT2D eigenvalue weighted by atomic mass is 9.99. The number of nitrogens with one attached hydrogen (secondary N) is 2. The molecule has 5 nitrogen and oxygen atoms in total. The molecule has 2 N–H and O–H groups in total. The second-order valence-electron chi connectivity index (χ2n) is 4.13. The van der Waals surface area contributed by atoms with Crippen LogP contribution in [0.1, 0.15) is 12.8 Å². The molecule has 0 saturated carbocycles. The number of carbonyl (C=O) groups excluding carboxylic acids is 1. The van der Waals surface area contributed by atoms with Crippen LogP contribution in [0.2, 0.25) is 0 Å². The summed E-state index contributed by atoms with van der Waals surface area (Å²) in [6, 6.07) is 0. The summed E-state index contributed by atoms with van der Waals surface area (Å²) in [5.41, 5.74) is 0. The number of halogens is 2. The van der Waals surface area contributed by atoms with Gasteiger partial charge in [0, 0.05) is 32.0 Å². The maximum Gasteiger partial charge on any atom is 0.224 e. The van der Waals surface area contributed by atoms with E-state index in [0.29, 0.717) is 6.54 Å². The van der Waals surface area contributed by atoms with E-state index in [1.807, 2.05) is 10.8 Å². The van der Waals surface area contributed by atoms with Crippen LogP contribution >= 0.6 is 24.8 Å². The molecule has 7 heteroatoms. The predicted molar refractivity (Wildman–Crippen MR) is 75.3 cm³/mol. The maximum absolute atomic E-state index is 11.8. The van der Waals surface area contributed by atoms with Crippen molar-refractivity contribution in [3.8, 4) is 0 Å². The van der Waals surface area contributed by atoms with E-state index in [2.05, 4.69) is 15.6 Å². The van der Waals surface area contributed by atoms with Gasteiger partial charge in [0.1, 0.15) is 0 Å². The number of hydrogen-bond donors (Lipinski definition) is 2. The molecule has 1 aliphatic heterocycles. The smallest absolute Gasteiger partial charge is 0.224 e. The zero-order valence-electron chi connectivity index (χ0n) is 10.2. The molecule has 1 fully saturated rings. The average molecular weight is 295 g/mol. The fourth-order valence-electron chi connectivity index (χ4n) is 1.95. The molecule has 2 rings (SSSR count). The molecule has 0 spiro atoms. The quantitative estimate of drug-likeness (QED) is 0.865. The van der Waals surface area contributed by atoms with Crippen LogP contribution < -0.4 is 10.6 Å². The highest BCUT2D eigenvalue weighted by Crippen LogP contribution is 2.09. The molecule has 1 amide bonds. The molecule has 1 aromatic heterocycles. The van der Waals surface area contributed by atoms with Crippen molar-refractivity contribution in [2.45, 2.75) is 19.4 Å². The molecule has 0 bridgehead atoms. The van der Waals surface area contributed by atoms with Gasteiger partial charge in [0.2, 0.25) is 5.91 Å². The van der Waals surface area contributed by atoms with Gasteiger partial charge in [-0.15, -0.1) is 24.8 Å². The molecule has 104 valence electrons. The van der Waals surface area contributed by atoms with Gasteiger partial charge < -0.3 is 15.2 Å². The normalized spacial score (nSPS) is 18.3. The third-order valence-electron chi connectivity index (χ3n) is 2.90. The maximum atomic E-state index is 11.8. The number of rotatable bonds is 4. The lowest BCUT2D eigenvalue weighted by Crippen LogP contribution is -2.41. The molecular weight excluding hydrogens is 275 g/mol. The van der Waals surface area contributed by atoms with Crippen LogP contribution in [0, 0.1) is 5.92 Å². The fraction of sp³-hybridized carbons (Fsp3) is 0.636. The summed E-state index contributed by atoms with van der Waals surface area (Å²) in [5, 5.41) is 6.21. The van der Waals surface area contributed by atoms with Crippen LogP contribution in [0.15, 0.2) is 18.7 Å². The third kappa shape index (κ3) is 5.25. The molecule has 18 heavy (non-hydrogen) atoms. The van der Waals surface area contributed by atoms with Crippen molar-refractivity contribution in [3.05, 3.63) is 18.7 Å². The van der Waals surface area contributed by atoms with Crippen molar-refractivity contribution in [3.63, 3.8) is 0 Å². The summed E-state index contributed by atoms with van der Waals surface area (Å²) in [6.45, 7) is 3.31. The van der Waals surface area contributed by atoms with Gasteiger partial charge in [-0.3, -0.25) is 4.79 Å². The average Bonchev–Trinajstić information content (AvgIpc) is 2.83. The molecule has 0 aliphatic carbocycles. The van der Waals surface area contributed by atoms with Gasteiger partial charge >= 0.3 is 0 Å². The summed E-state index contributed by atoms with van der Waals surface area (Å²) in [5.74, 6) is 0.323. The van der Waals surface area contributed by atoms with Gasteiger partial charge in [0.25, 0.3) is 0 Å². The summed E-state index contributed by atoms with van der Waals surface area (Å²) in [6.07, 6.45) is 7.50. The molecule has 0 unspecified atom stereocenters. The Morgan fingerprint density at radius 1 is 1.50 bits per heavy atom. The lowest BCUT2D eigenvalue weighted by molar-refractivity contribution is -0.125. The first-order chi connectivity index (χ1) is 7.86. The highest BCUT2D eigenvalue weighted by atomic mass is 35.5. The van der Waals surface area contributed by atoms with E-state index in [-0.39, 0.29) is 36.6 Å². The van der Waals surface area contributed by atoms with E-state index in [4.69, 9.17) is 0 Å². The van der Waals surface area contributed by atoms with E-state index in [1.165, 1.54) is 0 Å². The molecule has 1 atom stereocenters. The lowest BCUT2D eigenvalue weighted by Gasteiger charge is -2.21. The second-order valence-corrected chi connectivity index (χ2v) is 4.13. The minimum Gasteiger partial charge on any atom is -0.354 e. The first kappa shape index (κ1) is 17.2. The van der Waals surface area contributed by atoms with Crippen LogP contribution in [0.25, 0.3) is 0 Å². The predicted octanol–water partition coefficient (Wildman–Crippen LogP) is 0.842. The van der Waals surface area contributed by atoms with Crippen molar-refractivity contribution in [1.29, 1.82) is 0 Å². The summed E-state index contributed by atoms with van der Waals surface area (Å²) >= 11 is 0. The molecule has 1 aromatic rings.